The maximum atomic E-state index is 13.3. The topological polar surface area (TPSA) is 91.0 Å². The molecule has 1 aliphatic rings. The van der Waals surface area contributed by atoms with Crippen molar-refractivity contribution in [2.24, 2.45) is 0 Å². The van der Waals surface area contributed by atoms with Crippen molar-refractivity contribution in [1.29, 1.82) is 0 Å². The van der Waals surface area contributed by atoms with Crippen LogP contribution < -0.4 is 20.3 Å². The summed E-state index contributed by atoms with van der Waals surface area (Å²) in [5, 5.41) is 5.79. The number of rotatable bonds is 8. The number of carbonyl (C=O) groups is 3. The number of hydrogen-bond donors (Lipinski definition) is 2. The molecule has 8 nitrogen and oxygen atoms in total. The first-order valence-corrected chi connectivity index (χ1v) is 10.2. The monoisotopic (exact) mass is 440 g/mol. The third kappa shape index (κ3) is 5.37. The van der Waals surface area contributed by atoms with Crippen LogP contribution in [0, 0.1) is 0 Å². The molecule has 1 atom stereocenters. The van der Waals surface area contributed by atoms with Crippen molar-refractivity contribution in [3.05, 3.63) is 54.6 Å². The number of methoxy groups -OCH3 is 1. The Kier molecular flexibility index (Phi) is 7.19. The number of carbonyl (C=O) groups excluding carboxylic acids is 3. The molecule has 0 aromatic heterocycles. The lowest BCUT2D eigenvalue weighted by Gasteiger charge is -2.24. The van der Waals surface area contributed by atoms with Gasteiger partial charge >= 0.3 is 0 Å². The predicted octanol–water partition coefficient (Wildman–Crippen LogP) is 2.16. The molecule has 0 aliphatic carbocycles. The second-order valence-corrected chi connectivity index (χ2v) is 7.33. The Labute approximate surface area is 186 Å². The molecule has 2 aromatic rings. The quantitative estimate of drug-likeness (QED) is 0.612. The van der Waals surface area contributed by atoms with Crippen molar-refractivity contribution >= 4 is 46.4 Å². The lowest BCUT2D eigenvalue weighted by atomic mass is 10.1. The molecule has 1 heterocycles. The zero-order valence-corrected chi connectivity index (χ0v) is 18.1. The largest absolute Gasteiger partial charge is 0.497 e. The highest BCUT2D eigenvalue weighted by Crippen LogP contribution is 2.29. The van der Waals surface area contributed by atoms with Gasteiger partial charge in [0.25, 0.3) is 5.91 Å². The molecular weight excluding hydrogens is 416 g/mol. The third-order valence-corrected chi connectivity index (χ3v) is 5.21. The number of para-hydroxylation sites is 1. The van der Waals surface area contributed by atoms with E-state index in [2.05, 4.69) is 10.6 Å². The molecule has 1 unspecified atom stereocenters. The standard InChI is InChI=1S/C22H24N4O4S/c1-15(27)23-11-12-25-19(14-20(28)24-16-7-4-3-5-8-16)21(29)26(22(25)31)17-9-6-10-18(13-17)30-2/h3-10,13,19H,11-12,14H2,1-2H3,(H,23,27)(H,24,28). The maximum Gasteiger partial charge on any atom is 0.256 e. The Morgan fingerprint density at radius 1 is 1.13 bits per heavy atom. The van der Waals surface area contributed by atoms with Gasteiger partial charge in [-0.25, -0.2) is 0 Å². The number of anilines is 2. The van der Waals surface area contributed by atoms with Gasteiger partial charge in [0.15, 0.2) is 5.11 Å². The Morgan fingerprint density at radius 3 is 2.55 bits per heavy atom. The van der Waals surface area contributed by atoms with Crippen molar-refractivity contribution in [1.82, 2.24) is 10.2 Å². The average Bonchev–Trinajstić information content (AvgIpc) is 2.98. The van der Waals surface area contributed by atoms with Gasteiger partial charge in [-0.05, 0) is 36.5 Å². The zero-order chi connectivity index (χ0) is 22.4. The molecule has 1 fully saturated rings. The molecule has 2 N–H and O–H groups in total. The van der Waals surface area contributed by atoms with Crippen LogP contribution in [0.3, 0.4) is 0 Å². The van der Waals surface area contributed by atoms with E-state index in [0.29, 0.717) is 30.2 Å². The van der Waals surface area contributed by atoms with Crippen LogP contribution in [0.15, 0.2) is 54.6 Å². The fraction of sp³-hybridized carbons (Fsp3) is 0.273. The van der Waals surface area contributed by atoms with Gasteiger partial charge in [-0.2, -0.15) is 0 Å². The lowest BCUT2D eigenvalue weighted by molar-refractivity contribution is -0.124. The number of nitrogens with zero attached hydrogens (tertiary/aromatic N) is 2. The van der Waals surface area contributed by atoms with Crippen LogP contribution in [0.5, 0.6) is 5.75 Å². The van der Waals surface area contributed by atoms with Gasteiger partial charge in [0.05, 0.1) is 19.2 Å². The molecule has 0 bridgehead atoms. The van der Waals surface area contributed by atoms with E-state index in [-0.39, 0.29) is 29.3 Å². The molecule has 9 heteroatoms. The van der Waals surface area contributed by atoms with Crippen molar-refractivity contribution in [3.63, 3.8) is 0 Å². The van der Waals surface area contributed by atoms with Crippen LogP contribution in [0.2, 0.25) is 0 Å². The van der Waals surface area contributed by atoms with Crippen LogP contribution in [-0.2, 0) is 14.4 Å². The van der Waals surface area contributed by atoms with Crippen molar-refractivity contribution < 1.29 is 19.1 Å². The van der Waals surface area contributed by atoms with E-state index in [4.69, 9.17) is 17.0 Å². The number of hydrogen-bond acceptors (Lipinski definition) is 5. The minimum Gasteiger partial charge on any atom is -0.497 e. The van der Waals surface area contributed by atoms with Crippen molar-refractivity contribution in [3.8, 4) is 5.75 Å². The molecule has 0 saturated carbocycles. The molecule has 2 aromatic carbocycles. The Hall–Kier alpha value is -3.46. The molecule has 1 saturated heterocycles. The molecule has 1 aliphatic heterocycles. The first-order valence-electron chi connectivity index (χ1n) is 9.78. The highest BCUT2D eigenvalue weighted by molar-refractivity contribution is 7.80. The van der Waals surface area contributed by atoms with E-state index in [1.807, 2.05) is 18.2 Å². The number of amides is 3. The maximum absolute atomic E-state index is 13.3. The number of thiocarbonyl (C=S) groups is 1. The SMILES string of the molecule is COc1cccc(N2C(=O)C(CC(=O)Nc3ccccc3)N(CCNC(C)=O)C2=S)c1. The molecule has 31 heavy (non-hydrogen) atoms. The normalized spacial score (nSPS) is 15.7. The van der Waals surface area contributed by atoms with Gasteiger partial charge in [0.2, 0.25) is 11.8 Å². The first kappa shape index (κ1) is 22.2. The first-order chi connectivity index (χ1) is 14.9. The molecular formula is C22H24N4O4S. The predicted molar refractivity (Wildman–Crippen MR) is 122 cm³/mol. The van der Waals surface area contributed by atoms with Crippen LogP contribution >= 0.6 is 12.2 Å². The zero-order valence-electron chi connectivity index (χ0n) is 17.3. The van der Waals surface area contributed by atoms with Crippen LogP contribution in [0.4, 0.5) is 11.4 Å². The third-order valence-electron chi connectivity index (χ3n) is 4.79. The van der Waals surface area contributed by atoms with Crippen molar-refractivity contribution in [2.75, 3.05) is 30.4 Å². The molecule has 0 radical (unpaired) electrons. The number of benzene rings is 2. The summed E-state index contributed by atoms with van der Waals surface area (Å²) in [5.41, 5.74) is 1.21. The minimum absolute atomic E-state index is 0.0750. The summed E-state index contributed by atoms with van der Waals surface area (Å²) in [4.78, 5) is 40.3. The van der Waals surface area contributed by atoms with E-state index < -0.39 is 6.04 Å². The second kappa shape index (κ2) is 10.0. The molecule has 162 valence electrons. The highest BCUT2D eigenvalue weighted by atomic mass is 32.1. The molecule has 3 amide bonds. The fourth-order valence-corrected chi connectivity index (χ4v) is 3.75. The molecule has 0 spiro atoms. The van der Waals surface area contributed by atoms with Crippen LogP contribution in [0.25, 0.3) is 0 Å². The van der Waals surface area contributed by atoms with E-state index >= 15 is 0 Å². The summed E-state index contributed by atoms with van der Waals surface area (Å²) in [7, 11) is 1.54. The van der Waals surface area contributed by atoms with E-state index in [1.54, 1.807) is 48.4 Å². The van der Waals surface area contributed by atoms with Crippen molar-refractivity contribution in [2.45, 2.75) is 19.4 Å². The van der Waals surface area contributed by atoms with E-state index in [1.165, 1.54) is 11.8 Å². The van der Waals surface area contributed by atoms with Crippen LogP contribution in [0.1, 0.15) is 13.3 Å². The average molecular weight is 441 g/mol. The Balaban J connectivity index is 1.82. The van der Waals surface area contributed by atoms with Gasteiger partial charge in [-0.3, -0.25) is 19.3 Å². The Bertz CT molecular complexity index is 982. The van der Waals surface area contributed by atoms with Crippen LogP contribution in [-0.4, -0.2) is 54.0 Å². The summed E-state index contributed by atoms with van der Waals surface area (Å²) in [6, 6.07) is 15.2. The van der Waals surface area contributed by atoms with E-state index in [9.17, 15) is 14.4 Å². The summed E-state index contributed by atoms with van der Waals surface area (Å²) >= 11 is 5.58. The highest BCUT2D eigenvalue weighted by Gasteiger charge is 2.44. The summed E-state index contributed by atoms with van der Waals surface area (Å²) in [6.07, 6.45) is -0.0750. The fourth-order valence-electron chi connectivity index (χ4n) is 3.34. The summed E-state index contributed by atoms with van der Waals surface area (Å²) < 4.78 is 5.25. The van der Waals surface area contributed by atoms with Gasteiger partial charge in [-0.1, -0.05) is 24.3 Å². The lowest BCUT2D eigenvalue weighted by Crippen LogP contribution is -2.42. The summed E-state index contributed by atoms with van der Waals surface area (Å²) in [6.45, 7) is 2.01. The number of ether oxygens (including phenoxy) is 1. The second-order valence-electron chi connectivity index (χ2n) is 6.97. The van der Waals surface area contributed by atoms with Gasteiger partial charge in [0, 0.05) is 31.8 Å². The Morgan fingerprint density at radius 2 is 1.87 bits per heavy atom. The number of nitrogens with one attached hydrogen (secondary N) is 2. The van der Waals surface area contributed by atoms with Gasteiger partial charge in [-0.15, -0.1) is 0 Å². The summed E-state index contributed by atoms with van der Waals surface area (Å²) in [5.74, 6) is -0.198. The van der Waals surface area contributed by atoms with E-state index in [0.717, 1.165) is 0 Å². The minimum atomic E-state index is -0.781. The smallest absolute Gasteiger partial charge is 0.256 e. The molecule has 3 rings (SSSR count). The van der Waals surface area contributed by atoms with Gasteiger partial charge in [0.1, 0.15) is 11.8 Å². The van der Waals surface area contributed by atoms with Gasteiger partial charge < -0.3 is 20.3 Å².